The van der Waals surface area contributed by atoms with E-state index in [0.29, 0.717) is 26.8 Å². The Bertz CT molecular complexity index is 1190. The zero-order valence-electron chi connectivity index (χ0n) is 15.8. The molecule has 2 aromatic carbocycles. The van der Waals surface area contributed by atoms with Crippen molar-refractivity contribution in [2.75, 3.05) is 0 Å². The number of non-ortho nitro benzene ring substituents is 1. The molecule has 9 heteroatoms. The van der Waals surface area contributed by atoms with E-state index in [1.165, 1.54) is 28.9 Å². The van der Waals surface area contributed by atoms with Gasteiger partial charge >= 0.3 is 0 Å². The van der Waals surface area contributed by atoms with Crippen LogP contribution in [0.4, 0.5) is 5.69 Å². The van der Waals surface area contributed by atoms with E-state index in [0.717, 1.165) is 0 Å². The molecule has 4 rings (SSSR count). The van der Waals surface area contributed by atoms with Gasteiger partial charge in [0.05, 0.1) is 27.5 Å². The predicted octanol–water partition coefficient (Wildman–Crippen LogP) is 3.86. The normalized spacial score (nSPS) is 18.1. The maximum absolute atomic E-state index is 13.5. The number of nitro benzene ring substituents is 1. The number of thioether (sulfide) groups is 1. The van der Waals surface area contributed by atoms with Gasteiger partial charge < -0.3 is 5.73 Å². The molecule has 0 radical (unpaired) electrons. The second kappa shape index (κ2) is 7.50. The molecule has 0 saturated heterocycles. The first-order chi connectivity index (χ1) is 14.4. The minimum atomic E-state index is -0.761. The van der Waals surface area contributed by atoms with Crippen LogP contribution < -0.4 is 5.73 Å². The molecule has 1 atom stereocenters. The summed E-state index contributed by atoms with van der Waals surface area (Å²) in [6.07, 6.45) is 0. The number of allylic oxidation sites excluding steroid dienone is 2. The Labute approximate surface area is 176 Å². The van der Waals surface area contributed by atoms with Crippen LogP contribution in [0.3, 0.4) is 0 Å². The van der Waals surface area contributed by atoms with Crippen molar-refractivity contribution in [3.8, 4) is 6.07 Å². The van der Waals surface area contributed by atoms with Gasteiger partial charge in [-0.25, -0.2) is 5.01 Å². The van der Waals surface area contributed by atoms with Gasteiger partial charge in [-0.15, -0.1) is 0 Å². The van der Waals surface area contributed by atoms with Gasteiger partial charge in [0.25, 0.3) is 5.69 Å². The first kappa shape index (κ1) is 19.4. The molecular formula is C21H15N5O3S. The highest BCUT2D eigenvalue weighted by Crippen LogP contribution is 2.48. The van der Waals surface area contributed by atoms with Gasteiger partial charge in [-0.1, -0.05) is 54.2 Å². The average molecular weight is 417 g/mol. The second-order valence-corrected chi connectivity index (χ2v) is 7.82. The van der Waals surface area contributed by atoms with Crippen LogP contribution >= 0.6 is 11.8 Å². The van der Waals surface area contributed by atoms with Crippen LogP contribution in [-0.2, 0) is 0 Å². The largest absolute Gasteiger partial charge is 0.383 e. The molecule has 2 aliphatic rings. The van der Waals surface area contributed by atoms with E-state index in [9.17, 15) is 20.2 Å². The Balaban J connectivity index is 1.93. The molecule has 2 N–H and O–H groups in total. The number of nitrogens with zero attached hydrogens (tertiary/aromatic N) is 4. The van der Waals surface area contributed by atoms with Gasteiger partial charge in [-0.3, -0.25) is 14.9 Å². The van der Waals surface area contributed by atoms with Crippen molar-refractivity contribution in [3.05, 3.63) is 97.8 Å². The summed E-state index contributed by atoms with van der Waals surface area (Å²) in [4.78, 5) is 24.1. The molecule has 30 heavy (non-hydrogen) atoms. The van der Waals surface area contributed by atoms with E-state index in [1.807, 2.05) is 6.07 Å². The maximum atomic E-state index is 13.5. The lowest BCUT2D eigenvalue weighted by atomic mass is 9.80. The number of ketones is 1. The molecule has 0 bridgehead atoms. The highest BCUT2D eigenvalue weighted by atomic mass is 32.2. The topological polar surface area (TPSA) is 126 Å². The summed E-state index contributed by atoms with van der Waals surface area (Å²) in [5.74, 6) is -0.871. The molecule has 2 aromatic rings. The fourth-order valence-electron chi connectivity index (χ4n) is 3.47. The Hall–Kier alpha value is -3.90. The molecule has 0 saturated carbocycles. The Morgan fingerprint density at radius 3 is 2.50 bits per heavy atom. The average Bonchev–Trinajstić information content (AvgIpc) is 3.15. The summed E-state index contributed by atoms with van der Waals surface area (Å²) in [5.41, 5.74) is 7.75. The van der Waals surface area contributed by atoms with Crippen molar-refractivity contribution in [3.63, 3.8) is 0 Å². The lowest BCUT2D eigenvalue weighted by Crippen LogP contribution is -2.31. The highest BCUT2D eigenvalue weighted by Gasteiger charge is 2.41. The summed E-state index contributed by atoms with van der Waals surface area (Å²) < 4.78 is 0. The van der Waals surface area contributed by atoms with Crippen molar-refractivity contribution in [1.82, 2.24) is 5.01 Å². The monoisotopic (exact) mass is 417 g/mol. The Kier molecular flexibility index (Phi) is 4.85. The quantitative estimate of drug-likeness (QED) is 0.455. The molecule has 0 aliphatic carbocycles. The van der Waals surface area contributed by atoms with Gasteiger partial charge in [0.15, 0.2) is 5.78 Å². The number of benzene rings is 2. The number of hydrogen-bond donors (Lipinski definition) is 1. The van der Waals surface area contributed by atoms with Crippen molar-refractivity contribution in [1.29, 1.82) is 5.26 Å². The van der Waals surface area contributed by atoms with Crippen LogP contribution in [0.5, 0.6) is 0 Å². The molecule has 2 aliphatic heterocycles. The number of nitro groups is 1. The summed E-state index contributed by atoms with van der Waals surface area (Å²) in [6, 6.07) is 16.7. The number of carbonyl (C=O) groups excluding carboxylic acids is 1. The van der Waals surface area contributed by atoms with Gasteiger partial charge in [-0.2, -0.15) is 10.4 Å². The van der Waals surface area contributed by atoms with Crippen LogP contribution in [0.15, 0.2) is 81.7 Å². The smallest absolute Gasteiger partial charge is 0.269 e. The SMILES string of the molecule is CC1=NN2C(N)=C(C#N)C(c3ccc([N+](=O)[O-])cc3)C(C(=O)c3ccccc3)=C2S1. The number of carbonyl (C=O) groups is 1. The number of nitrogens with two attached hydrogens (primary N) is 1. The summed E-state index contributed by atoms with van der Waals surface area (Å²) in [5, 5.41) is 27.9. The molecule has 0 aromatic heterocycles. The maximum Gasteiger partial charge on any atom is 0.269 e. The van der Waals surface area contributed by atoms with E-state index < -0.39 is 10.8 Å². The third kappa shape index (κ3) is 3.13. The fraction of sp³-hybridized carbons (Fsp3) is 0.0952. The molecule has 148 valence electrons. The first-order valence-corrected chi connectivity index (χ1v) is 9.75. The van der Waals surface area contributed by atoms with Gasteiger partial charge in [-0.05, 0) is 12.5 Å². The third-order valence-electron chi connectivity index (χ3n) is 4.83. The highest BCUT2D eigenvalue weighted by molar-refractivity contribution is 8.17. The molecule has 1 unspecified atom stereocenters. The predicted molar refractivity (Wildman–Crippen MR) is 113 cm³/mol. The minimum absolute atomic E-state index is 0.0790. The van der Waals surface area contributed by atoms with Crippen LogP contribution in [0.25, 0.3) is 0 Å². The summed E-state index contributed by atoms with van der Waals surface area (Å²) in [7, 11) is 0. The third-order valence-corrected chi connectivity index (χ3v) is 5.79. The first-order valence-electron chi connectivity index (χ1n) is 8.93. The van der Waals surface area contributed by atoms with Crippen molar-refractivity contribution >= 4 is 28.3 Å². The Morgan fingerprint density at radius 2 is 1.90 bits per heavy atom. The number of nitriles is 1. The molecule has 2 heterocycles. The fourth-order valence-corrected chi connectivity index (χ4v) is 4.42. The number of hydrazone groups is 1. The summed E-state index contributed by atoms with van der Waals surface area (Å²) in [6.45, 7) is 1.79. The molecule has 0 amide bonds. The number of rotatable bonds is 4. The van der Waals surface area contributed by atoms with E-state index in [2.05, 4.69) is 11.2 Å². The van der Waals surface area contributed by atoms with Crippen LogP contribution in [0, 0.1) is 21.4 Å². The lowest BCUT2D eigenvalue weighted by Gasteiger charge is -2.31. The van der Waals surface area contributed by atoms with Gasteiger partial charge in [0, 0.05) is 23.3 Å². The molecule has 0 spiro atoms. The van der Waals surface area contributed by atoms with Gasteiger partial charge in [0.2, 0.25) is 0 Å². The second-order valence-electron chi connectivity index (χ2n) is 6.64. The van der Waals surface area contributed by atoms with Crippen molar-refractivity contribution < 1.29 is 9.72 Å². The number of hydrogen-bond acceptors (Lipinski definition) is 8. The number of Topliss-reactive ketones (excluding diaryl/α,β-unsaturated/α-hetero) is 1. The zero-order chi connectivity index (χ0) is 21.4. The standard InChI is InChI=1S/C21H15N5O3S/c1-12-24-25-20(23)16(11-22)17(13-7-9-15(10-8-13)26(28)29)18(21(25)30-12)19(27)14-5-3-2-4-6-14/h2-10,17H,23H2,1H3. The van der Waals surface area contributed by atoms with E-state index in [1.54, 1.807) is 43.3 Å². The van der Waals surface area contributed by atoms with Gasteiger partial charge in [0.1, 0.15) is 10.9 Å². The lowest BCUT2D eigenvalue weighted by molar-refractivity contribution is -0.384. The van der Waals surface area contributed by atoms with E-state index >= 15 is 0 Å². The summed E-state index contributed by atoms with van der Waals surface area (Å²) >= 11 is 1.31. The van der Waals surface area contributed by atoms with Crippen LogP contribution in [-0.4, -0.2) is 20.8 Å². The molecular weight excluding hydrogens is 402 g/mol. The molecule has 8 nitrogen and oxygen atoms in total. The van der Waals surface area contributed by atoms with E-state index in [4.69, 9.17) is 5.73 Å². The Morgan fingerprint density at radius 1 is 1.23 bits per heavy atom. The van der Waals surface area contributed by atoms with Crippen LogP contribution in [0.1, 0.15) is 28.8 Å². The zero-order valence-corrected chi connectivity index (χ0v) is 16.6. The minimum Gasteiger partial charge on any atom is -0.383 e. The van der Waals surface area contributed by atoms with E-state index in [-0.39, 0.29) is 22.9 Å². The van der Waals surface area contributed by atoms with Crippen molar-refractivity contribution in [2.24, 2.45) is 10.8 Å². The van der Waals surface area contributed by atoms with Crippen molar-refractivity contribution in [2.45, 2.75) is 12.8 Å². The van der Waals surface area contributed by atoms with Crippen LogP contribution in [0.2, 0.25) is 0 Å². The number of fused-ring (bicyclic) bond motifs is 1. The molecule has 0 fully saturated rings.